The fourth-order valence-electron chi connectivity index (χ4n) is 2.90. The third-order valence-electron chi connectivity index (χ3n) is 3.93. The summed E-state index contributed by atoms with van der Waals surface area (Å²) in [5, 5.41) is 3.41. The van der Waals surface area contributed by atoms with Crippen LogP contribution in [0.3, 0.4) is 0 Å². The molecule has 1 saturated carbocycles. The zero-order valence-corrected chi connectivity index (χ0v) is 10.5. The summed E-state index contributed by atoms with van der Waals surface area (Å²) in [5.41, 5.74) is 0.688. The van der Waals surface area contributed by atoms with Crippen LogP contribution in [0.15, 0.2) is 12.2 Å². The first-order valence-electron chi connectivity index (χ1n) is 6.80. The monoisotopic (exact) mass is 223 g/mol. The maximum absolute atomic E-state index is 5.46. The number of allylic oxidation sites excluding steroid dienone is 1. The normalized spacial score (nSPS) is 27.7. The van der Waals surface area contributed by atoms with E-state index >= 15 is 0 Å². The molecule has 1 aliphatic heterocycles. The van der Waals surface area contributed by atoms with Crippen LogP contribution in [-0.4, -0.2) is 26.3 Å². The lowest BCUT2D eigenvalue weighted by Gasteiger charge is -2.39. The quantitative estimate of drug-likeness (QED) is 0.552. The van der Waals surface area contributed by atoms with E-state index in [1.165, 1.54) is 32.4 Å². The second kappa shape index (κ2) is 5.83. The van der Waals surface area contributed by atoms with E-state index in [-0.39, 0.29) is 0 Å². The minimum Gasteiger partial charge on any atom is -0.381 e. The van der Waals surface area contributed by atoms with E-state index in [0.717, 1.165) is 32.0 Å². The zero-order valence-electron chi connectivity index (χ0n) is 10.5. The highest BCUT2D eigenvalue weighted by atomic mass is 16.5. The average molecular weight is 223 g/mol. The van der Waals surface area contributed by atoms with Crippen LogP contribution in [0.5, 0.6) is 0 Å². The Morgan fingerprint density at radius 1 is 1.38 bits per heavy atom. The van der Waals surface area contributed by atoms with Crippen molar-refractivity contribution >= 4 is 0 Å². The minimum absolute atomic E-state index is 0.688. The van der Waals surface area contributed by atoms with Crippen LogP contribution in [0.2, 0.25) is 0 Å². The Kier molecular flexibility index (Phi) is 4.42. The van der Waals surface area contributed by atoms with E-state index in [0.29, 0.717) is 5.41 Å². The van der Waals surface area contributed by atoms with E-state index in [4.69, 9.17) is 4.74 Å². The molecule has 1 spiro atoms. The van der Waals surface area contributed by atoms with Gasteiger partial charge in [0.25, 0.3) is 0 Å². The maximum atomic E-state index is 5.46. The zero-order chi connectivity index (χ0) is 11.3. The van der Waals surface area contributed by atoms with E-state index in [1.807, 2.05) is 0 Å². The van der Waals surface area contributed by atoms with Crippen molar-refractivity contribution in [2.45, 2.75) is 39.0 Å². The van der Waals surface area contributed by atoms with Crippen LogP contribution in [-0.2, 0) is 4.74 Å². The first-order valence-corrected chi connectivity index (χ1v) is 6.80. The van der Waals surface area contributed by atoms with Crippen molar-refractivity contribution in [3.8, 4) is 0 Å². The molecule has 0 bridgehead atoms. The molecule has 2 fully saturated rings. The number of ether oxygens (including phenoxy) is 1. The Bertz CT molecular complexity index is 233. The Labute approximate surface area is 99.4 Å². The van der Waals surface area contributed by atoms with Crippen LogP contribution < -0.4 is 5.32 Å². The van der Waals surface area contributed by atoms with Gasteiger partial charge in [-0.15, -0.1) is 0 Å². The van der Waals surface area contributed by atoms with Gasteiger partial charge in [0, 0.05) is 19.7 Å². The van der Waals surface area contributed by atoms with Gasteiger partial charge in [-0.05, 0) is 43.4 Å². The molecule has 1 heterocycles. The van der Waals surface area contributed by atoms with Crippen LogP contribution in [0, 0.1) is 11.3 Å². The van der Waals surface area contributed by atoms with Gasteiger partial charge < -0.3 is 10.1 Å². The average Bonchev–Trinajstić information content (AvgIpc) is 2.67. The van der Waals surface area contributed by atoms with Crippen molar-refractivity contribution < 1.29 is 4.74 Å². The molecule has 0 amide bonds. The fourth-order valence-corrected chi connectivity index (χ4v) is 2.90. The molecule has 1 N–H and O–H groups in total. The van der Waals surface area contributed by atoms with Gasteiger partial charge in [0.05, 0.1) is 6.61 Å². The highest BCUT2D eigenvalue weighted by Gasteiger charge is 2.42. The lowest BCUT2D eigenvalue weighted by atomic mass is 9.79. The predicted octanol–water partition coefficient (Wildman–Crippen LogP) is 2.75. The predicted molar refractivity (Wildman–Crippen MR) is 67.5 cm³/mol. The van der Waals surface area contributed by atoms with E-state index in [2.05, 4.69) is 24.4 Å². The smallest absolute Gasteiger partial charge is 0.0500 e. The lowest BCUT2D eigenvalue weighted by Crippen LogP contribution is -2.51. The van der Waals surface area contributed by atoms with Gasteiger partial charge in [-0.1, -0.05) is 19.1 Å². The van der Waals surface area contributed by atoms with E-state index in [9.17, 15) is 0 Å². The molecule has 1 aliphatic carbocycles. The van der Waals surface area contributed by atoms with Crippen molar-refractivity contribution in [1.29, 1.82) is 0 Å². The molecule has 2 nitrogen and oxygen atoms in total. The maximum Gasteiger partial charge on any atom is 0.0500 e. The topological polar surface area (TPSA) is 21.3 Å². The Hall–Kier alpha value is -0.340. The second-order valence-electron chi connectivity index (χ2n) is 5.44. The molecule has 2 aliphatic rings. The molecule has 0 aromatic heterocycles. The standard InChI is InChI=1S/C14H25NO/c1-2-8-16-9-4-3-5-13-6-7-14(10-13)11-15-12-14/h3,5,13,15H,2,4,6-12H2,1H3/b5-3-/t13-/m0/s1. The summed E-state index contributed by atoms with van der Waals surface area (Å²) in [4.78, 5) is 0. The molecule has 16 heavy (non-hydrogen) atoms. The van der Waals surface area contributed by atoms with Crippen molar-refractivity contribution in [3.63, 3.8) is 0 Å². The molecule has 0 radical (unpaired) electrons. The number of hydrogen-bond acceptors (Lipinski definition) is 2. The summed E-state index contributed by atoms with van der Waals surface area (Å²) >= 11 is 0. The Balaban J connectivity index is 1.57. The van der Waals surface area contributed by atoms with E-state index in [1.54, 1.807) is 0 Å². The van der Waals surface area contributed by atoms with Gasteiger partial charge in [0.1, 0.15) is 0 Å². The summed E-state index contributed by atoms with van der Waals surface area (Å²) in [6.07, 6.45) is 11.2. The molecule has 0 aromatic carbocycles. The van der Waals surface area contributed by atoms with Gasteiger partial charge in [-0.2, -0.15) is 0 Å². The molecule has 2 rings (SSSR count). The molecular formula is C14H25NO. The summed E-state index contributed by atoms with van der Waals surface area (Å²) in [7, 11) is 0. The number of nitrogens with one attached hydrogen (secondary N) is 1. The van der Waals surface area contributed by atoms with Gasteiger partial charge in [0.15, 0.2) is 0 Å². The van der Waals surface area contributed by atoms with Gasteiger partial charge in [-0.3, -0.25) is 0 Å². The molecule has 0 unspecified atom stereocenters. The lowest BCUT2D eigenvalue weighted by molar-refractivity contribution is 0.139. The third kappa shape index (κ3) is 3.08. The van der Waals surface area contributed by atoms with Crippen molar-refractivity contribution in [1.82, 2.24) is 5.32 Å². The van der Waals surface area contributed by atoms with Crippen LogP contribution in [0.4, 0.5) is 0 Å². The Morgan fingerprint density at radius 3 is 2.88 bits per heavy atom. The molecule has 92 valence electrons. The van der Waals surface area contributed by atoms with Gasteiger partial charge in [-0.25, -0.2) is 0 Å². The van der Waals surface area contributed by atoms with Crippen molar-refractivity contribution in [3.05, 3.63) is 12.2 Å². The first kappa shape index (κ1) is 12.1. The van der Waals surface area contributed by atoms with Crippen molar-refractivity contribution in [2.75, 3.05) is 26.3 Å². The largest absolute Gasteiger partial charge is 0.381 e. The first-order chi connectivity index (χ1) is 7.85. The molecule has 1 saturated heterocycles. The number of rotatable bonds is 6. The third-order valence-corrected chi connectivity index (χ3v) is 3.93. The molecule has 2 heteroatoms. The van der Waals surface area contributed by atoms with Crippen LogP contribution in [0.25, 0.3) is 0 Å². The van der Waals surface area contributed by atoms with Crippen LogP contribution >= 0.6 is 0 Å². The van der Waals surface area contributed by atoms with Gasteiger partial charge in [0.2, 0.25) is 0 Å². The fraction of sp³-hybridized carbons (Fsp3) is 0.857. The molecular weight excluding hydrogens is 198 g/mol. The second-order valence-corrected chi connectivity index (χ2v) is 5.44. The highest BCUT2D eigenvalue weighted by Crippen LogP contribution is 2.44. The van der Waals surface area contributed by atoms with Crippen LogP contribution in [0.1, 0.15) is 39.0 Å². The minimum atomic E-state index is 0.688. The summed E-state index contributed by atoms with van der Waals surface area (Å²) in [6.45, 7) is 6.48. The SMILES string of the molecule is CCCOCC/C=C\[C@H]1CCC2(CNC2)C1. The van der Waals surface area contributed by atoms with Gasteiger partial charge >= 0.3 is 0 Å². The summed E-state index contributed by atoms with van der Waals surface area (Å²) < 4.78 is 5.46. The Morgan fingerprint density at radius 2 is 2.25 bits per heavy atom. The summed E-state index contributed by atoms with van der Waals surface area (Å²) in [5.74, 6) is 0.841. The molecule has 1 atom stereocenters. The highest BCUT2D eigenvalue weighted by molar-refractivity contribution is 5.03. The number of hydrogen-bond donors (Lipinski definition) is 1. The molecule has 0 aromatic rings. The van der Waals surface area contributed by atoms with E-state index < -0.39 is 0 Å². The van der Waals surface area contributed by atoms with Crippen molar-refractivity contribution in [2.24, 2.45) is 11.3 Å². The summed E-state index contributed by atoms with van der Waals surface area (Å²) in [6, 6.07) is 0.